The van der Waals surface area contributed by atoms with Crippen molar-refractivity contribution in [2.75, 3.05) is 31.1 Å². The molecule has 5 nitrogen and oxygen atoms in total. The lowest BCUT2D eigenvalue weighted by molar-refractivity contribution is -0.130. The average molecular weight is 288 g/mol. The number of Topliss-reactive ketones (excluding diaryl/α,β-unsaturated/α-hetero) is 1. The highest BCUT2D eigenvalue weighted by molar-refractivity contribution is 6.28. The Morgan fingerprint density at radius 1 is 1.48 bits per heavy atom. The Morgan fingerprint density at radius 3 is 3.00 bits per heavy atom. The smallest absolute Gasteiger partial charge is 0.204 e. The molecule has 0 bridgehead atoms. The Kier molecular flexibility index (Phi) is 4.03. The van der Waals surface area contributed by atoms with Gasteiger partial charge in [-0.1, -0.05) is 18.2 Å². The molecule has 1 N–H and O–H groups in total. The van der Waals surface area contributed by atoms with E-state index in [1.165, 1.54) is 0 Å². The van der Waals surface area contributed by atoms with Crippen LogP contribution >= 0.6 is 0 Å². The van der Waals surface area contributed by atoms with Crippen molar-refractivity contribution in [3.8, 4) is 0 Å². The van der Waals surface area contributed by atoms with E-state index in [9.17, 15) is 9.59 Å². The number of hydrogen-bond donors (Lipinski definition) is 1. The second-order valence-electron chi connectivity index (χ2n) is 5.64. The minimum Gasteiger partial charge on any atom is -0.373 e. The first-order valence-corrected chi connectivity index (χ1v) is 7.39. The van der Waals surface area contributed by atoms with Crippen LogP contribution in [0.25, 0.3) is 0 Å². The van der Waals surface area contributed by atoms with Crippen LogP contribution in [0.15, 0.2) is 24.3 Å². The number of para-hydroxylation sites is 1. The molecule has 3 atom stereocenters. The van der Waals surface area contributed by atoms with Gasteiger partial charge in [0.1, 0.15) is 0 Å². The summed E-state index contributed by atoms with van der Waals surface area (Å²) in [6.45, 7) is 5.07. The number of ether oxygens (including phenoxy) is 1. The van der Waals surface area contributed by atoms with Gasteiger partial charge in [0.15, 0.2) is 6.29 Å². The molecule has 1 aromatic rings. The number of rotatable bonds is 4. The van der Waals surface area contributed by atoms with Crippen LogP contribution in [-0.2, 0) is 14.3 Å². The monoisotopic (exact) mass is 288 g/mol. The standard InChI is InChI=1S/C16H20N2O3/c1-11(16-8-17-6-7-21-16)18-9-13(15(20)10-19)12-4-2-3-5-14(12)18/h2-5,10-11,13,16-17H,6-9H2,1H3. The molecular formula is C16H20N2O3. The fraction of sp³-hybridized carbons (Fsp3) is 0.500. The van der Waals surface area contributed by atoms with E-state index in [2.05, 4.69) is 17.1 Å². The summed E-state index contributed by atoms with van der Waals surface area (Å²) in [6, 6.07) is 7.99. The maximum absolute atomic E-state index is 11.9. The van der Waals surface area contributed by atoms with Crippen molar-refractivity contribution < 1.29 is 14.3 Å². The molecule has 2 aliphatic rings. The van der Waals surface area contributed by atoms with Crippen LogP contribution in [0.1, 0.15) is 18.4 Å². The zero-order chi connectivity index (χ0) is 14.8. The summed E-state index contributed by atoms with van der Waals surface area (Å²) in [4.78, 5) is 25.0. The number of anilines is 1. The van der Waals surface area contributed by atoms with Gasteiger partial charge in [0.2, 0.25) is 5.78 Å². The first-order valence-electron chi connectivity index (χ1n) is 7.39. The molecule has 1 saturated heterocycles. The van der Waals surface area contributed by atoms with Crippen molar-refractivity contribution in [1.82, 2.24) is 5.32 Å². The van der Waals surface area contributed by atoms with Crippen molar-refractivity contribution >= 4 is 17.8 Å². The molecule has 5 heteroatoms. The van der Waals surface area contributed by atoms with Crippen LogP contribution in [-0.4, -0.2) is 50.5 Å². The van der Waals surface area contributed by atoms with Gasteiger partial charge >= 0.3 is 0 Å². The van der Waals surface area contributed by atoms with Gasteiger partial charge in [-0.3, -0.25) is 9.59 Å². The Bertz CT molecular complexity index is 540. The quantitative estimate of drug-likeness (QED) is 0.654. The van der Waals surface area contributed by atoms with Crippen LogP contribution < -0.4 is 10.2 Å². The molecule has 1 fully saturated rings. The van der Waals surface area contributed by atoms with Gasteiger partial charge in [0, 0.05) is 25.3 Å². The molecule has 0 aliphatic carbocycles. The van der Waals surface area contributed by atoms with Crippen LogP contribution in [0, 0.1) is 0 Å². The third-order valence-corrected chi connectivity index (χ3v) is 4.45. The van der Waals surface area contributed by atoms with Crippen LogP contribution in [0.2, 0.25) is 0 Å². The van der Waals surface area contributed by atoms with Gasteiger partial charge in [-0.15, -0.1) is 0 Å². The minimum absolute atomic E-state index is 0.0943. The molecule has 112 valence electrons. The molecule has 1 aromatic carbocycles. The molecule has 2 aliphatic heterocycles. The number of fused-ring (bicyclic) bond motifs is 1. The minimum atomic E-state index is -0.349. The van der Waals surface area contributed by atoms with Crippen molar-refractivity contribution in [2.45, 2.75) is 25.0 Å². The number of nitrogens with zero attached hydrogens (tertiary/aromatic N) is 1. The number of aldehydes is 1. The van der Waals surface area contributed by atoms with E-state index < -0.39 is 0 Å². The highest BCUT2D eigenvalue weighted by Gasteiger charge is 2.37. The number of morpholine rings is 1. The van der Waals surface area contributed by atoms with Gasteiger partial charge < -0.3 is 15.0 Å². The molecule has 3 unspecified atom stereocenters. The summed E-state index contributed by atoms with van der Waals surface area (Å²) >= 11 is 0. The van der Waals surface area contributed by atoms with Crippen molar-refractivity contribution in [2.24, 2.45) is 0 Å². The summed E-state index contributed by atoms with van der Waals surface area (Å²) in [6.07, 6.45) is 0.533. The second-order valence-corrected chi connectivity index (χ2v) is 5.64. The van der Waals surface area contributed by atoms with Gasteiger partial charge in [-0.2, -0.15) is 0 Å². The van der Waals surface area contributed by atoms with E-state index >= 15 is 0 Å². The SMILES string of the molecule is CC(C1CNCCO1)N1CC(C(=O)C=O)c2ccccc21. The molecule has 0 amide bonds. The predicted molar refractivity (Wildman–Crippen MR) is 79.7 cm³/mol. The Balaban J connectivity index is 1.86. The van der Waals surface area contributed by atoms with E-state index in [4.69, 9.17) is 4.74 Å². The summed E-state index contributed by atoms with van der Waals surface area (Å²) < 4.78 is 5.83. The van der Waals surface area contributed by atoms with Gasteiger partial charge in [0.05, 0.1) is 24.7 Å². The largest absolute Gasteiger partial charge is 0.373 e. The molecule has 0 saturated carbocycles. The van der Waals surface area contributed by atoms with Gasteiger partial charge in [-0.05, 0) is 18.6 Å². The molecule has 3 rings (SSSR count). The normalized spacial score (nSPS) is 26.2. The third kappa shape index (κ3) is 2.59. The Labute approximate surface area is 124 Å². The molecule has 0 radical (unpaired) electrons. The topological polar surface area (TPSA) is 58.6 Å². The zero-order valence-corrected chi connectivity index (χ0v) is 12.1. The van der Waals surface area contributed by atoms with E-state index in [0.717, 1.165) is 24.3 Å². The number of carbonyl (C=O) groups excluding carboxylic acids is 2. The lowest BCUT2D eigenvalue weighted by atomic mass is 9.98. The van der Waals surface area contributed by atoms with Gasteiger partial charge in [0.25, 0.3) is 0 Å². The third-order valence-electron chi connectivity index (χ3n) is 4.45. The molecule has 0 aromatic heterocycles. The molecule has 0 spiro atoms. The number of benzene rings is 1. The predicted octanol–water partition coefficient (Wildman–Crippen LogP) is 0.735. The highest BCUT2D eigenvalue weighted by atomic mass is 16.5. The van der Waals surface area contributed by atoms with Crippen molar-refractivity contribution in [1.29, 1.82) is 0 Å². The second kappa shape index (κ2) is 5.95. The molecular weight excluding hydrogens is 268 g/mol. The molecule has 21 heavy (non-hydrogen) atoms. The summed E-state index contributed by atoms with van der Waals surface area (Å²) in [7, 11) is 0. The van der Waals surface area contributed by atoms with Crippen LogP contribution in [0.5, 0.6) is 0 Å². The maximum Gasteiger partial charge on any atom is 0.204 e. The van der Waals surface area contributed by atoms with Crippen LogP contribution in [0.3, 0.4) is 0 Å². The zero-order valence-electron chi connectivity index (χ0n) is 12.1. The average Bonchev–Trinajstić information content (AvgIpc) is 2.94. The lowest BCUT2D eigenvalue weighted by Gasteiger charge is -2.36. The van der Waals surface area contributed by atoms with E-state index in [0.29, 0.717) is 19.4 Å². The molecule has 2 heterocycles. The number of nitrogens with one attached hydrogen (secondary N) is 1. The summed E-state index contributed by atoms with van der Waals surface area (Å²) in [5.74, 6) is -0.697. The highest BCUT2D eigenvalue weighted by Crippen LogP contribution is 2.38. The fourth-order valence-corrected chi connectivity index (χ4v) is 3.24. The number of carbonyl (C=O) groups is 2. The van der Waals surface area contributed by atoms with Crippen molar-refractivity contribution in [3.05, 3.63) is 29.8 Å². The van der Waals surface area contributed by atoms with E-state index in [1.807, 2.05) is 24.3 Å². The summed E-state index contributed by atoms with van der Waals surface area (Å²) in [5.41, 5.74) is 1.99. The van der Waals surface area contributed by atoms with Crippen molar-refractivity contribution in [3.63, 3.8) is 0 Å². The maximum atomic E-state index is 11.9. The fourth-order valence-electron chi connectivity index (χ4n) is 3.24. The number of ketones is 1. The number of hydrogen-bond acceptors (Lipinski definition) is 5. The first kappa shape index (κ1) is 14.2. The van der Waals surface area contributed by atoms with Gasteiger partial charge in [-0.25, -0.2) is 0 Å². The van der Waals surface area contributed by atoms with Crippen LogP contribution in [0.4, 0.5) is 5.69 Å². The first-order chi connectivity index (χ1) is 10.2. The summed E-state index contributed by atoms with van der Waals surface area (Å²) in [5, 5.41) is 3.33. The van der Waals surface area contributed by atoms with E-state index in [1.54, 1.807) is 0 Å². The Hall–Kier alpha value is -1.72. The van der Waals surface area contributed by atoms with E-state index in [-0.39, 0.29) is 23.8 Å². The Morgan fingerprint density at radius 2 is 2.29 bits per heavy atom. The lowest BCUT2D eigenvalue weighted by Crippen LogP contribution is -2.51.